The minimum absolute atomic E-state index is 0.00954. The average Bonchev–Trinajstić information content (AvgIpc) is 2.87. The van der Waals surface area contributed by atoms with Crippen LogP contribution in [0.1, 0.15) is 23.2 Å². The molecule has 1 heterocycles. The van der Waals surface area contributed by atoms with Crippen LogP contribution in [0.15, 0.2) is 35.1 Å². The molecular weight excluding hydrogens is 250 g/mol. The maximum Gasteiger partial charge on any atom is 0.358 e. The van der Waals surface area contributed by atoms with E-state index in [0.29, 0.717) is 12.4 Å². The number of hydrogen-bond acceptors (Lipinski definition) is 5. The largest absolute Gasteiger partial charge is 0.494 e. The summed E-state index contributed by atoms with van der Waals surface area (Å²) in [4.78, 5) is 14.4. The standard InChI is InChI=1S/C13H13NO5/c1-2-17-9-3-5-10(6-4-9)18-7-11-12(13(15)16)14-8-19-11/h3-6,8H,2,7H2,1H3,(H,15,16). The number of ether oxygens (including phenoxy) is 2. The molecule has 1 aromatic heterocycles. The van der Waals surface area contributed by atoms with Crippen LogP contribution in [0.5, 0.6) is 11.5 Å². The quantitative estimate of drug-likeness (QED) is 0.861. The second-order valence-corrected chi connectivity index (χ2v) is 3.62. The fourth-order valence-electron chi connectivity index (χ4n) is 1.49. The highest BCUT2D eigenvalue weighted by atomic mass is 16.5. The van der Waals surface area contributed by atoms with Crippen LogP contribution in [0.2, 0.25) is 0 Å². The zero-order valence-electron chi connectivity index (χ0n) is 10.3. The Morgan fingerprint density at radius 1 is 1.26 bits per heavy atom. The molecule has 0 saturated carbocycles. The van der Waals surface area contributed by atoms with Crippen molar-refractivity contribution >= 4 is 5.97 Å². The van der Waals surface area contributed by atoms with Gasteiger partial charge in [0, 0.05) is 0 Å². The smallest absolute Gasteiger partial charge is 0.358 e. The van der Waals surface area contributed by atoms with Crippen LogP contribution in [0.4, 0.5) is 0 Å². The van der Waals surface area contributed by atoms with E-state index in [0.717, 1.165) is 12.1 Å². The molecular formula is C13H13NO5. The molecule has 0 aliphatic carbocycles. The van der Waals surface area contributed by atoms with Crippen molar-refractivity contribution < 1.29 is 23.8 Å². The molecule has 100 valence electrons. The van der Waals surface area contributed by atoms with Crippen LogP contribution >= 0.6 is 0 Å². The molecule has 0 aliphatic heterocycles. The molecule has 19 heavy (non-hydrogen) atoms. The van der Waals surface area contributed by atoms with Crippen LogP contribution in [-0.2, 0) is 6.61 Å². The molecule has 6 nitrogen and oxygen atoms in total. The number of carboxylic acids is 1. The van der Waals surface area contributed by atoms with E-state index < -0.39 is 5.97 Å². The van der Waals surface area contributed by atoms with E-state index in [9.17, 15) is 4.79 Å². The average molecular weight is 263 g/mol. The summed E-state index contributed by atoms with van der Waals surface area (Å²) in [6.07, 6.45) is 1.08. The summed E-state index contributed by atoms with van der Waals surface area (Å²) < 4.78 is 15.7. The van der Waals surface area contributed by atoms with Crippen molar-refractivity contribution in [2.24, 2.45) is 0 Å². The van der Waals surface area contributed by atoms with Gasteiger partial charge in [0.2, 0.25) is 0 Å². The van der Waals surface area contributed by atoms with Crippen molar-refractivity contribution in [2.75, 3.05) is 6.61 Å². The Morgan fingerprint density at radius 2 is 1.89 bits per heavy atom. The van der Waals surface area contributed by atoms with Crippen molar-refractivity contribution in [3.05, 3.63) is 42.1 Å². The number of benzene rings is 1. The third-order valence-electron chi connectivity index (χ3n) is 2.35. The zero-order valence-corrected chi connectivity index (χ0v) is 10.3. The van der Waals surface area contributed by atoms with E-state index in [1.165, 1.54) is 0 Å². The van der Waals surface area contributed by atoms with Crippen LogP contribution in [0.25, 0.3) is 0 Å². The number of oxazole rings is 1. The van der Waals surface area contributed by atoms with Gasteiger partial charge in [0.1, 0.15) is 18.1 Å². The molecule has 0 fully saturated rings. The minimum atomic E-state index is -1.14. The normalized spacial score (nSPS) is 10.2. The molecule has 0 aliphatic rings. The van der Waals surface area contributed by atoms with Gasteiger partial charge in [-0.15, -0.1) is 0 Å². The summed E-state index contributed by atoms with van der Waals surface area (Å²) in [6.45, 7) is 2.51. The molecule has 0 unspecified atom stereocenters. The lowest BCUT2D eigenvalue weighted by Crippen LogP contribution is -2.04. The number of nitrogens with zero attached hydrogens (tertiary/aromatic N) is 1. The molecule has 0 radical (unpaired) electrons. The molecule has 2 rings (SSSR count). The van der Waals surface area contributed by atoms with Gasteiger partial charge in [-0.3, -0.25) is 0 Å². The first-order valence-corrected chi connectivity index (χ1v) is 5.72. The molecule has 0 saturated heterocycles. The molecule has 0 amide bonds. The fourth-order valence-corrected chi connectivity index (χ4v) is 1.49. The van der Waals surface area contributed by atoms with Crippen LogP contribution in [0, 0.1) is 0 Å². The van der Waals surface area contributed by atoms with Gasteiger partial charge in [-0.05, 0) is 31.2 Å². The summed E-state index contributed by atoms with van der Waals surface area (Å²) in [5, 5.41) is 8.85. The summed E-state index contributed by atoms with van der Waals surface area (Å²) in [6, 6.07) is 7.03. The third-order valence-corrected chi connectivity index (χ3v) is 2.35. The highest BCUT2D eigenvalue weighted by Gasteiger charge is 2.15. The lowest BCUT2D eigenvalue weighted by molar-refractivity contribution is 0.0686. The zero-order chi connectivity index (χ0) is 13.7. The molecule has 0 bridgehead atoms. The van der Waals surface area contributed by atoms with E-state index in [4.69, 9.17) is 19.0 Å². The monoisotopic (exact) mass is 263 g/mol. The van der Waals surface area contributed by atoms with E-state index in [1.54, 1.807) is 24.3 Å². The predicted octanol–water partition coefficient (Wildman–Crippen LogP) is 2.35. The highest BCUT2D eigenvalue weighted by Crippen LogP contribution is 2.19. The summed E-state index contributed by atoms with van der Waals surface area (Å²) in [5.41, 5.74) is -0.133. The fraction of sp³-hybridized carbons (Fsp3) is 0.231. The summed E-state index contributed by atoms with van der Waals surface area (Å²) in [5.74, 6) is 0.386. The Kier molecular flexibility index (Phi) is 4.02. The summed E-state index contributed by atoms with van der Waals surface area (Å²) in [7, 11) is 0. The first-order valence-electron chi connectivity index (χ1n) is 5.72. The van der Waals surface area contributed by atoms with Crippen molar-refractivity contribution in [2.45, 2.75) is 13.5 Å². The van der Waals surface area contributed by atoms with E-state index in [1.807, 2.05) is 6.92 Å². The maximum atomic E-state index is 10.8. The molecule has 1 aromatic carbocycles. The van der Waals surface area contributed by atoms with Gasteiger partial charge >= 0.3 is 5.97 Å². The van der Waals surface area contributed by atoms with Crippen molar-refractivity contribution in [1.82, 2.24) is 4.98 Å². The SMILES string of the molecule is CCOc1ccc(OCc2ocnc2C(=O)O)cc1. The van der Waals surface area contributed by atoms with Gasteiger partial charge in [0.05, 0.1) is 6.61 Å². The van der Waals surface area contributed by atoms with Crippen LogP contribution in [-0.4, -0.2) is 22.7 Å². The number of carboxylic acid groups (broad SMARTS) is 1. The Morgan fingerprint density at radius 3 is 2.47 bits per heavy atom. The van der Waals surface area contributed by atoms with Crippen LogP contribution in [0.3, 0.4) is 0 Å². The molecule has 1 N–H and O–H groups in total. The topological polar surface area (TPSA) is 81.8 Å². The van der Waals surface area contributed by atoms with Gasteiger partial charge in [-0.2, -0.15) is 0 Å². The second-order valence-electron chi connectivity index (χ2n) is 3.62. The Bertz CT molecular complexity index is 546. The highest BCUT2D eigenvalue weighted by molar-refractivity contribution is 5.86. The van der Waals surface area contributed by atoms with Crippen molar-refractivity contribution in [3.63, 3.8) is 0 Å². The van der Waals surface area contributed by atoms with Crippen LogP contribution < -0.4 is 9.47 Å². The summed E-state index contributed by atoms with van der Waals surface area (Å²) >= 11 is 0. The lowest BCUT2D eigenvalue weighted by atomic mass is 10.3. The van der Waals surface area contributed by atoms with Gasteiger partial charge < -0.3 is 19.0 Å². The Balaban J connectivity index is 1.98. The van der Waals surface area contributed by atoms with Gasteiger partial charge in [-0.1, -0.05) is 0 Å². The minimum Gasteiger partial charge on any atom is -0.494 e. The number of aromatic carboxylic acids is 1. The van der Waals surface area contributed by atoms with Gasteiger partial charge in [0.15, 0.2) is 17.8 Å². The third kappa shape index (κ3) is 3.25. The molecule has 0 atom stereocenters. The lowest BCUT2D eigenvalue weighted by Gasteiger charge is -2.06. The molecule has 6 heteroatoms. The van der Waals surface area contributed by atoms with Gasteiger partial charge in [-0.25, -0.2) is 9.78 Å². The van der Waals surface area contributed by atoms with E-state index >= 15 is 0 Å². The second kappa shape index (κ2) is 5.90. The van der Waals surface area contributed by atoms with E-state index in [-0.39, 0.29) is 18.1 Å². The molecule has 0 spiro atoms. The Hall–Kier alpha value is -2.50. The molecule has 2 aromatic rings. The van der Waals surface area contributed by atoms with Crippen molar-refractivity contribution in [1.29, 1.82) is 0 Å². The number of aromatic nitrogens is 1. The number of hydrogen-bond donors (Lipinski definition) is 1. The maximum absolute atomic E-state index is 10.8. The number of rotatable bonds is 6. The van der Waals surface area contributed by atoms with Crippen molar-refractivity contribution in [3.8, 4) is 11.5 Å². The predicted molar refractivity (Wildman–Crippen MR) is 65.4 cm³/mol. The van der Waals surface area contributed by atoms with Gasteiger partial charge in [0.25, 0.3) is 0 Å². The van der Waals surface area contributed by atoms with E-state index in [2.05, 4.69) is 4.98 Å². The first kappa shape index (κ1) is 12.9. The first-order chi connectivity index (χ1) is 9.20. The number of carbonyl (C=O) groups is 1. The Labute approximate surface area is 109 Å².